The maximum Gasteiger partial charge on any atom is 0.167 e. The van der Waals surface area contributed by atoms with Crippen molar-refractivity contribution < 1.29 is 4.74 Å². The highest BCUT2D eigenvalue weighted by atomic mass is 16.5. The summed E-state index contributed by atoms with van der Waals surface area (Å²) in [6, 6.07) is 7.50. The molecular weight excluding hydrogens is 292 g/mol. The van der Waals surface area contributed by atoms with Gasteiger partial charge in [-0.15, -0.1) is 0 Å². The molecule has 0 aliphatic carbocycles. The van der Waals surface area contributed by atoms with Crippen molar-refractivity contribution >= 4 is 28.4 Å². The summed E-state index contributed by atoms with van der Waals surface area (Å²) in [6.07, 6.45) is 6.59. The van der Waals surface area contributed by atoms with Gasteiger partial charge in [-0.3, -0.25) is 4.57 Å². The highest BCUT2D eigenvalue weighted by Gasteiger charge is 2.20. The van der Waals surface area contributed by atoms with Crippen molar-refractivity contribution in [3.63, 3.8) is 0 Å². The van der Waals surface area contributed by atoms with Gasteiger partial charge >= 0.3 is 0 Å². The van der Waals surface area contributed by atoms with Gasteiger partial charge in [-0.1, -0.05) is 0 Å². The Morgan fingerprint density at radius 1 is 1.13 bits per heavy atom. The molecule has 0 saturated carbocycles. The van der Waals surface area contributed by atoms with Gasteiger partial charge in [0.1, 0.15) is 12.6 Å². The molecule has 0 spiro atoms. The molecule has 23 heavy (non-hydrogen) atoms. The molecule has 0 radical (unpaired) electrons. The molecule has 7 nitrogen and oxygen atoms in total. The number of anilines is 3. The fourth-order valence-corrected chi connectivity index (χ4v) is 2.80. The minimum atomic E-state index is 0.00743. The van der Waals surface area contributed by atoms with Crippen LogP contribution in [0.15, 0.2) is 36.9 Å². The van der Waals surface area contributed by atoms with Crippen LogP contribution in [0, 0.1) is 0 Å². The van der Waals surface area contributed by atoms with Gasteiger partial charge in [0.05, 0.1) is 6.33 Å². The van der Waals surface area contributed by atoms with Gasteiger partial charge in [-0.05, 0) is 43.5 Å². The van der Waals surface area contributed by atoms with Crippen LogP contribution in [0.2, 0.25) is 0 Å². The lowest BCUT2D eigenvalue weighted by Crippen LogP contribution is -2.17. The maximum absolute atomic E-state index is 5.83. The Labute approximate surface area is 133 Å². The Morgan fingerprint density at radius 2 is 2.00 bits per heavy atom. The van der Waals surface area contributed by atoms with E-state index in [1.54, 1.807) is 12.7 Å². The second kappa shape index (κ2) is 5.85. The fourth-order valence-electron chi connectivity index (χ4n) is 2.80. The van der Waals surface area contributed by atoms with Gasteiger partial charge in [0.15, 0.2) is 17.0 Å². The van der Waals surface area contributed by atoms with Gasteiger partial charge in [-0.25, -0.2) is 15.0 Å². The third-order valence-electron chi connectivity index (χ3n) is 4.00. The first-order valence-corrected chi connectivity index (χ1v) is 7.73. The van der Waals surface area contributed by atoms with Crippen molar-refractivity contribution in [1.82, 2.24) is 19.5 Å². The summed E-state index contributed by atoms with van der Waals surface area (Å²) in [5, 5.41) is 3.27. The number of nitrogens with one attached hydrogen (secondary N) is 1. The maximum atomic E-state index is 5.83. The molecule has 3 heterocycles. The quantitative estimate of drug-likeness (QED) is 0.723. The molecule has 118 valence electrons. The molecule has 1 unspecified atom stereocenters. The molecule has 2 aromatic heterocycles. The molecule has 1 saturated heterocycles. The van der Waals surface area contributed by atoms with Crippen LogP contribution in [-0.2, 0) is 4.74 Å². The van der Waals surface area contributed by atoms with E-state index in [-0.39, 0.29) is 6.23 Å². The van der Waals surface area contributed by atoms with Gasteiger partial charge in [0, 0.05) is 18.0 Å². The molecule has 1 fully saturated rings. The summed E-state index contributed by atoms with van der Waals surface area (Å²) in [7, 11) is 0. The van der Waals surface area contributed by atoms with E-state index < -0.39 is 0 Å². The first-order chi connectivity index (χ1) is 11.3. The second-order valence-electron chi connectivity index (χ2n) is 5.61. The first-order valence-electron chi connectivity index (χ1n) is 7.73. The van der Waals surface area contributed by atoms with Crippen molar-refractivity contribution in [1.29, 1.82) is 0 Å². The van der Waals surface area contributed by atoms with Crippen LogP contribution >= 0.6 is 0 Å². The van der Waals surface area contributed by atoms with Crippen LogP contribution in [-0.4, -0.2) is 26.1 Å². The van der Waals surface area contributed by atoms with Gasteiger partial charge in [-0.2, -0.15) is 0 Å². The first kappa shape index (κ1) is 14.0. The summed E-state index contributed by atoms with van der Waals surface area (Å²) in [5.74, 6) is 0.675. The number of benzene rings is 1. The van der Waals surface area contributed by atoms with E-state index in [4.69, 9.17) is 10.5 Å². The lowest BCUT2D eigenvalue weighted by Gasteiger charge is -2.23. The van der Waals surface area contributed by atoms with Gasteiger partial charge in [0.25, 0.3) is 0 Å². The predicted molar refractivity (Wildman–Crippen MR) is 88.3 cm³/mol. The molecule has 1 aromatic carbocycles. The number of imidazole rings is 1. The van der Waals surface area contributed by atoms with Crippen molar-refractivity contribution in [2.24, 2.45) is 0 Å². The van der Waals surface area contributed by atoms with Crippen LogP contribution < -0.4 is 11.1 Å². The second-order valence-corrected chi connectivity index (χ2v) is 5.61. The number of hydrogen-bond acceptors (Lipinski definition) is 6. The zero-order chi connectivity index (χ0) is 15.6. The van der Waals surface area contributed by atoms with E-state index in [0.717, 1.165) is 48.4 Å². The Hall–Kier alpha value is -2.67. The monoisotopic (exact) mass is 310 g/mol. The number of nitrogen functional groups attached to an aromatic ring is 1. The Morgan fingerprint density at radius 3 is 2.78 bits per heavy atom. The molecule has 3 N–H and O–H groups in total. The molecule has 1 atom stereocenters. The lowest BCUT2D eigenvalue weighted by molar-refractivity contribution is -0.0298. The molecule has 4 rings (SSSR count). The number of rotatable bonds is 3. The van der Waals surface area contributed by atoms with Crippen molar-refractivity contribution in [2.75, 3.05) is 17.7 Å². The summed E-state index contributed by atoms with van der Waals surface area (Å²) in [5.41, 5.74) is 8.86. The fraction of sp³-hybridized carbons (Fsp3) is 0.312. The lowest BCUT2D eigenvalue weighted by atomic mass is 10.2. The normalized spacial score (nSPS) is 18.2. The number of nitrogens with two attached hydrogens (primary N) is 1. The van der Waals surface area contributed by atoms with Crippen LogP contribution in [0.4, 0.5) is 17.2 Å². The van der Waals surface area contributed by atoms with Crippen LogP contribution in [0.25, 0.3) is 11.2 Å². The summed E-state index contributed by atoms with van der Waals surface area (Å²) in [4.78, 5) is 13.2. The van der Waals surface area contributed by atoms with E-state index in [9.17, 15) is 0 Å². The van der Waals surface area contributed by atoms with Crippen LogP contribution in [0.1, 0.15) is 25.5 Å². The largest absolute Gasteiger partial charge is 0.399 e. The van der Waals surface area contributed by atoms with Crippen LogP contribution in [0.3, 0.4) is 0 Å². The molecule has 0 amide bonds. The molecule has 7 heteroatoms. The van der Waals surface area contributed by atoms with Crippen molar-refractivity contribution in [3.8, 4) is 0 Å². The highest BCUT2D eigenvalue weighted by molar-refractivity contribution is 5.85. The van der Waals surface area contributed by atoms with Crippen molar-refractivity contribution in [2.45, 2.75) is 25.5 Å². The summed E-state index contributed by atoms with van der Waals surface area (Å²) < 4.78 is 7.82. The molecule has 1 aliphatic heterocycles. The minimum Gasteiger partial charge on any atom is -0.399 e. The summed E-state index contributed by atoms with van der Waals surface area (Å²) in [6.45, 7) is 0.784. The number of aromatic nitrogens is 4. The van der Waals surface area contributed by atoms with E-state index in [2.05, 4.69) is 20.3 Å². The Bertz CT molecular complexity index is 807. The molecule has 3 aromatic rings. The minimum absolute atomic E-state index is 0.00743. The standard InChI is InChI=1S/C16H18N6O/c17-11-4-6-12(7-5-11)21-15-14-16(19-9-18-15)22(10-20-14)13-3-1-2-8-23-13/h4-7,9-10,13H,1-3,8,17H2,(H,18,19,21). The van der Waals surface area contributed by atoms with Crippen molar-refractivity contribution in [3.05, 3.63) is 36.9 Å². The Balaban J connectivity index is 1.68. The van der Waals surface area contributed by atoms with Gasteiger partial charge in [0.2, 0.25) is 0 Å². The smallest absolute Gasteiger partial charge is 0.167 e. The van der Waals surface area contributed by atoms with E-state index in [1.165, 1.54) is 0 Å². The number of hydrogen-bond donors (Lipinski definition) is 2. The van der Waals surface area contributed by atoms with E-state index in [0.29, 0.717) is 5.82 Å². The zero-order valence-electron chi connectivity index (χ0n) is 12.6. The highest BCUT2D eigenvalue weighted by Crippen LogP contribution is 2.28. The molecular formula is C16H18N6O. The molecule has 1 aliphatic rings. The Kier molecular flexibility index (Phi) is 3.55. The average Bonchev–Trinajstić information content (AvgIpc) is 3.03. The molecule has 0 bridgehead atoms. The van der Waals surface area contributed by atoms with Crippen LogP contribution in [0.5, 0.6) is 0 Å². The SMILES string of the molecule is Nc1ccc(Nc2ncnc3c2ncn3C2CCCCO2)cc1. The number of fused-ring (bicyclic) bond motifs is 1. The number of ether oxygens (including phenoxy) is 1. The zero-order valence-corrected chi connectivity index (χ0v) is 12.6. The average molecular weight is 310 g/mol. The van der Waals surface area contributed by atoms with E-state index in [1.807, 2.05) is 28.8 Å². The third kappa shape index (κ3) is 2.70. The topological polar surface area (TPSA) is 90.9 Å². The third-order valence-corrected chi connectivity index (χ3v) is 4.00. The predicted octanol–water partition coefficient (Wildman–Crippen LogP) is 2.85. The van der Waals surface area contributed by atoms with E-state index >= 15 is 0 Å². The van der Waals surface area contributed by atoms with Gasteiger partial charge < -0.3 is 15.8 Å². The summed E-state index contributed by atoms with van der Waals surface area (Å²) >= 11 is 0. The number of nitrogens with zero attached hydrogens (tertiary/aromatic N) is 4.